The molecule has 0 unspecified atom stereocenters. The van der Waals surface area contributed by atoms with Crippen LogP contribution in [0.3, 0.4) is 0 Å². The Hall–Kier alpha value is -0.610. The lowest BCUT2D eigenvalue weighted by molar-refractivity contribution is -0.132. The normalized spacial score (nSPS) is 32.0. The minimum absolute atomic E-state index is 0.276. The molecule has 3 aliphatic rings. The van der Waals surface area contributed by atoms with Gasteiger partial charge in [-0.3, -0.25) is 4.79 Å². The van der Waals surface area contributed by atoms with E-state index in [1.807, 2.05) is 0 Å². The Kier molecular flexibility index (Phi) is 6.27. The van der Waals surface area contributed by atoms with Crippen LogP contribution in [0, 0.1) is 11.3 Å². The molecule has 3 rings (SSSR count). The molecule has 1 amide bonds. The third kappa shape index (κ3) is 4.45. The van der Waals surface area contributed by atoms with Crippen molar-refractivity contribution in [3.8, 4) is 0 Å². The number of rotatable bonds is 4. The van der Waals surface area contributed by atoms with Gasteiger partial charge in [0.25, 0.3) is 0 Å². The largest absolute Gasteiger partial charge is 0.396 e. The molecule has 22 heavy (non-hydrogen) atoms. The van der Waals surface area contributed by atoms with Crippen LogP contribution in [0.4, 0.5) is 0 Å². The highest BCUT2D eigenvalue weighted by Crippen LogP contribution is 2.47. The molecule has 2 saturated carbocycles. The molecular weight excluding hydrogens is 276 g/mol. The standard InChI is InChI=1S/C10H18N2O.C8H16O/c1-7-5-8-6-9(8)12(7)10(13)3-2-4-11;1-8(7-9)5-3-2-4-6-8/h7-9H,2-6,11H2,1H3;9H,2-7H2,1H3/t7-,8-,9+;/m1./s1. The van der Waals surface area contributed by atoms with Gasteiger partial charge < -0.3 is 15.7 Å². The Morgan fingerprint density at radius 1 is 1.27 bits per heavy atom. The van der Waals surface area contributed by atoms with Crippen LogP contribution >= 0.6 is 0 Å². The van der Waals surface area contributed by atoms with Gasteiger partial charge in [-0.15, -0.1) is 0 Å². The lowest BCUT2D eigenvalue weighted by Gasteiger charge is -2.31. The molecule has 1 saturated heterocycles. The molecule has 2 aliphatic carbocycles. The first-order valence-electron chi connectivity index (χ1n) is 9.13. The lowest BCUT2D eigenvalue weighted by Crippen LogP contribution is -2.36. The Labute approximate surface area is 135 Å². The van der Waals surface area contributed by atoms with Crippen molar-refractivity contribution in [1.29, 1.82) is 0 Å². The minimum atomic E-state index is 0.276. The van der Waals surface area contributed by atoms with Crippen LogP contribution in [0.25, 0.3) is 0 Å². The summed E-state index contributed by atoms with van der Waals surface area (Å²) in [5, 5.41) is 8.95. The quantitative estimate of drug-likeness (QED) is 0.839. The van der Waals surface area contributed by atoms with Gasteiger partial charge in [0.05, 0.1) is 0 Å². The van der Waals surface area contributed by atoms with Crippen LogP contribution in [0.15, 0.2) is 0 Å². The number of nitrogens with zero attached hydrogens (tertiary/aromatic N) is 1. The van der Waals surface area contributed by atoms with Crippen molar-refractivity contribution < 1.29 is 9.90 Å². The zero-order valence-corrected chi connectivity index (χ0v) is 14.4. The van der Waals surface area contributed by atoms with Gasteiger partial charge in [0, 0.05) is 25.1 Å². The third-order valence-electron chi connectivity index (χ3n) is 5.69. The van der Waals surface area contributed by atoms with E-state index >= 15 is 0 Å². The molecule has 1 heterocycles. The highest BCUT2D eigenvalue weighted by Gasteiger charge is 2.51. The molecule has 3 N–H and O–H groups in total. The first kappa shape index (κ1) is 17.7. The monoisotopic (exact) mass is 310 g/mol. The average molecular weight is 310 g/mol. The molecule has 0 bridgehead atoms. The first-order chi connectivity index (χ1) is 10.5. The highest BCUT2D eigenvalue weighted by molar-refractivity contribution is 5.77. The van der Waals surface area contributed by atoms with Crippen molar-refractivity contribution in [3.05, 3.63) is 0 Å². The summed E-state index contributed by atoms with van der Waals surface area (Å²) in [4.78, 5) is 13.8. The predicted molar refractivity (Wildman–Crippen MR) is 89.4 cm³/mol. The number of hydrogen-bond donors (Lipinski definition) is 2. The van der Waals surface area contributed by atoms with E-state index in [9.17, 15) is 4.79 Å². The Morgan fingerprint density at radius 3 is 2.41 bits per heavy atom. The smallest absolute Gasteiger partial charge is 0.223 e. The van der Waals surface area contributed by atoms with Crippen LogP contribution in [0.5, 0.6) is 0 Å². The van der Waals surface area contributed by atoms with Gasteiger partial charge in [0.15, 0.2) is 0 Å². The summed E-state index contributed by atoms with van der Waals surface area (Å²) in [5.74, 6) is 1.15. The number of aliphatic hydroxyl groups excluding tert-OH is 1. The van der Waals surface area contributed by atoms with Gasteiger partial charge in [-0.05, 0) is 56.9 Å². The summed E-state index contributed by atoms with van der Waals surface area (Å²) in [6.45, 7) is 5.35. The Bertz CT molecular complexity index is 364. The minimum Gasteiger partial charge on any atom is -0.396 e. The van der Waals surface area contributed by atoms with E-state index in [-0.39, 0.29) is 5.41 Å². The number of aliphatic hydroxyl groups is 1. The number of amides is 1. The second-order valence-electron chi connectivity index (χ2n) is 7.87. The van der Waals surface area contributed by atoms with Gasteiger partial charge in [0.1, 0.15) is 0 Å². The third-order valence-corrected chi connectivity index (χ3v) is 5.69. The summed E-state index contributed by atoms with van der Waals surface area (Å²) in [6.07, 6.45) is 10.4. The lowest BCUT2D eigenvalue weighted by atomic mass is 9.76. The van der Waals surface area contributed by atoms with Crippen LogP contribution < -0.4 is 5.73 Å². The van der Waals surface area contributed by atoms with Crippen molar-refractivity contribution in [2.45, 2.75) is 83.7 Å². The number of hydrogen-bond acceptors (Lipinski definition) is 3. The fraction of sp³-hybridized carbons (Fsp3) is 0.944. The van der Waals surface area contributed by atoms with E-state index in [0.717, 1.165) is 12.3 Å². The zero-order valence-electron chi connectivity index (χ0n) is 14.4. The predicted octanol–water partition coefficient (Wildman–Crippen LogP) is 2.68. The van der Waals surface area contributed by atoms with Gasteiger partial charge in [0.2, 0.25) is 5.91 Å². The van der Waals surface area contributed by atoms with Crippen molar-refractivity contribution >= 4 is 5.91 Å². The number of carbonyl (C=O) groups is 1. The van der Waals surface area contributed by atoms with Crippen LogP contribution in [0.2, 0.25) is 0 Å². The molecular formula is C18H34N2O2. The average Bonchev–Trinajstić information content (AvgIpc) is 3.18. The van der Waals surface area contributed by atoms with E-state index in [2.05, 4.69) is 18.7 Å². The molecule has 0 aromatic heterocycles. The molecule has 1 aliphatic heterocycles. The summed E-state index contributed by atoms with van der Waals surface area (Å²) < 4.78 is 0. The number of carbonyl (C=O) groups excluding carboxylic acids is 1. The molecule has 0 radical (unpaired) electrons. The van der Waals surface area contributed by atoms with Gasteiger partial charge in [-0.25, -0.2) is 0 Å². The number of nitrogens with two attached hydrogens (primary N) is 1. The molecule has 0 aromatic rings. The second kappa shape index (κ2) is 7.78. The molecule has 0 aromatic carbocycles. The molecule has 0 spiro atoms. The Morgan fingerprint density at radius 2 is 1.95 bits per heavy atom. The fourth-order valence-electron chi connectivity index (χ4n) is 4.08. The van der Waals surface area contributed by atoms with E-state index in [1.165, 1.54) is 44.9 Å². The van der Waals surface area contributed by atoms with Gasteiger partial charge >= 0.3 is 0 Å². The fourth-order valence-corrected chi connectivity index (χ4v) is 4.08. The molecule has 128 valence electrons. The summed E-state index contributed by atoms with van der Waals surface area (Å²) in [6, 6.07) is 1.08. The van der Waals surface area contributed by atoms with Gasteiger partial charge in [-0.2, -0.15) is 0 Å². The summed E-state index contributed by atoms with van der Waals surface area (Å²) in [7, 11) is 0. The molecule has 3 fully saturated rings. The maximum Gasteiger partial charge on any atom is 0.223 e. The van der Waals surface area contributed by atoms with Crippen molar-refractivity contribution in [1.82, 2.24) is 4.90 Å². The molecule has 4 nitrogen and oxygen atoms in total. The molecule has 3 atom stereocenters. The number of piperidine rings is 1. The van der Waals surface area contributed by atoms with Crippen LogP contribution in [0.1, 0.15) is 71.6 Å². The summed E-state index contributed by atoms with van der Waals surface area (Å²) >= 11 is 0. The zero-order chi connectivity index (χ0) is 16.2. The first-order valence-corrected chi connectivity index (χ1v) is 9.13. The van der Waals surface area contributed by atoms with E-state index in [0.29, 0.717) is 37.6 Å². The van der Waals surface area contributed by atoms with Crippen molar-refractivity contribution in [3.63, 3.8) is 0 Å². The maximum absolute atomic E-state index is 11.7. The SMILES string of the molecule is CC1(CO)CCCCC1.C[C@@H]1C[C@@H]2C[C@@H]2N1C(=O)CCCN. The summed E-state index contributed by atoms with van der Waals surface area (Å²) in [5.41, 5.74) is 5.66. The molecule has 4 heteroatoms. The Balaban J connectivity index is 0.000000172. The second-order valence-corrected chi connectivity index (χ2v) is 7.87. The van der Waals surface area contributed by atoms with E-state index in [1.54, 1.807) is 0 Å². The van der Waals surface area contributed by atoms with Crippen molar-refractivity contribution in [2.75, 3.05) is 13.2 Å². The van der Waals surface area contributed by atoms with Gasteiger partial charge in [-0.1, -0.05) is 26.2 Å². The topological polar surface area (TPSA) is 66.6 Å². The van der Waals surface area contributed by atoms with Crippen molar-refractivity contribution in [2.24, 2.45) is 17.1 Å². The van der Waals surface area contributed by atoms with Crippen LogP contribution in [-0.2, 0) is 4.79 Å². The van der Waals surface area contributed by atoms with E-state index in [4.69, 9.17) is 10.8 Å². The maximum atomic E-state index is 11.7. The van der Waals surface area contributed by atoms with Crippen LogP contribution in [-0.4, -0.2) is 41.1 Å². The van der Waals surface area contributed by atoms with E-state index < -0.39 is 0 Å². The number of fused-ring (bicyclic) bond motifs is 1. The number of likely N-dealkylation sites (tertiary alicyclic amines) is 1. The highest BCUT2D eigenvalue weighted by atomic mass is 16.3.